The first-order chi connectivity index (χ1) is 13.7. The molecule has 29 heavy (non-hydrogen) atoms. The van der Waals surface area contributed by atoms with Gasteiger partial charge in [-0.05, 0) is 47.9 Å². The molecule has 0 bridgehead atoms. The maximum Gasteiger partial charge on any atom is 0.416 e. The summed E-state index contributed by atoms with van der Waals surface area (Å²) >= 11 is 0. The lowest BCUT2D eigenvalue weighted by atomic mass is 10.0. The van der Waals surface area contributed by atoms with Crippen LogP contribution in [0.2, 0.25) is 0 Å². The molecule has 154 valence electrons. The highest BCUT2D eigenvalue weighted by Gasteiger charge is 2.31. The SMILES string of the molecule is CC(C)c1ccc(C(=O)N2CCN(C(=O)c3ccc(C(F)(F)F)cc3)CC2)cc1. The van der Waals surface area contributed by atoms with Gasteiger partial charge < -0.3 is 9.80 Å². The van der Waals surface area contributed by atoms with Crippen LogP contribution in [0, 0.1) is 0 Å². The Labute approximate surface area is 167 Å². The third-order valence-electron chi connectivity index (χ3n) is 5.14. The summed E-state index contributed by atoms with van der Waals surface area (Å²) in [5.41, 5.74) is 1.19. The fourth-order valence-electron chi connectivity index (χ4n) is 3.29. The zero-order chi connectivity index (χ0) is 21.2. The first-order valence-electron chi connectivity index (χ1n) is 9.52. The number of hydrogen-bond donors (Lipinski definition) is 0. The Balaban J connectivity index is 1.59. The maximum atomic E-state index is 12.7. The van der Waals surface area contributed by atoms with Crippen molar-refractivity contribution in [3.8, 4) is 0 Å². The van der Waals surface area contributed by atoms with E-state index in [1.807, 2.05) is 24.3 Å². The van der Waals surface area contributed by atoms with Gasteiger partial charge in [0.15, 0.2) is 0 Å². The Kier molecular flexibility index (Phi) is 5.96. The Morgan fingerprint density at radius 3 is 1.48 bits per heavy atom. The molecule has 1 aliphatic rings. The third kappa shape index (κ3) is 4.78. The van der Waals surface area contributed by atoms with Crippen molar-refractivity contribution in [1.82, 2.24) is 9.80 Å². The van der Waals surface area contributed by atoms with E-state index >= 15 is 0 Å². The standard InChI is InChI=1S/C22H23F3N2O2/c1-15(2)16-3-5-17(6-4-16)20(28)26-11-13-27(14-12-26)21(29)18-7-9-19(10-8-18)22(23,24)25/h3-10,15H,11-14H2,1-2H3. The van der Waals surface area contributed by atoms with Crippen molar-refractivity contribution in [3.63, 3.8) is 0 Å². The molecule has 2 aromatic carbocycles. The van der Waals surface area contributed by atoms with Crippen LogP contribution >= 0.6 is 0 Å². The molecule has 7 heteroatoms. The number of alkyl halides is 3. The zero-order valence-corrected chi connectivity index (χ0v) is 16.4. The average Bonchev–Trinajstić information content (AvgIpc) is 2.72. The lowest BCUT2D eigenvalue weighted by Gasteiger charge is -2.35. The maximum absolute atomic E-state index is 12.7. The number of halogens is 3. The van der Waals surface area contributed by atoms with Gasteiger partial charge in [0.2, 0.25) is 0 Å². The minimum atomic E-state index is -4.43. The highest BCUT2D eigenvalue weighted by atomic mass is 19.4. The van der Waals surface area contributed by atoms with Gasteiger partial charge in [-0.3, -0.25) is 9.59 Å². The van der Waals surface area contributed by atoms with E-state index in [9.17, 15) is 22.8 Å². The summed E-state index contributed by atoms with van der Waals surface area (Å²) in [6.45, 7) is 5.63. The molecule has 2 amide bonds. The molecule has 0 spiro atoms. The molecule has 2 aromatic rings. The van der Waals surface area contributed by atoms with Crippen LogP contribution < -0.4 is 0 Å². The predicted octanol–water partition coefficient (Wildman–Crippen LogP) is 4.43. The number of nitrogens with zero attached hydrogens (tertiary/aromatic N) is 2. The molecule has 0 unspecified atom stereocenters. The van der Waals surface area contributed by atoms with E-state index in [-0.39, 0.29) is 17.4 Å². The molecule has 0 aliphatic carbocycles. The number of piperazine rings is 1. The second-order valence-corrected chi connectivity index (χ2v) is 7.44. The molecule has 0 aromatic heterocycles. The van der Waals surface area contributed by atoms with Gasteiger partial charge in [0, 0.05) is 37.3 Å². The molecule has 0 saturated carbocycles. The molecular formula is C22H23F3N2O2. The summed E-state index contributed by atoms with van der Waals surface area (Å²) in [5, 5.41) is 0. The van der Waals surface area contributed by atoms with Gasteiger partial charge in [0.05, 0.1) is 5.56 Å². The average molecular weight is 404 g/mol. The van der Waals surface area contributed by atoms with Gasteiger partial charge in [0.25, 0.3) is 11.8 Å². The molecule has 1 heterocycles. The van der Waals surface area contributed by atoms with Crippen molar-refractivity contribution in [3.05, 3.63) is 70.8 Å². The van der Waals surface area contributed by atoms with E-state index in [4.69, 9.17) is 0 Å². The van der Waals surface area contributed by atoms with Crippen molar-refractivity contribution in [2.24, 2.45) is 0 Å². The number of rotatable bonds is 3. The number of hydrogen-bond acceptors (Lipinski definition) is 2. The molecule has 1 saturated heterocycles. The van der Waals surface area contributed by atoms with Crippen LogP contribution in [0.3, 0.4) is 0 Å². The van der Waals surface area contributed by atoms with Gasteiger partial charge >= 0.3 is 6.18 Å². The molecule has 4 nitrogen and oxygen atoms in total. The number of benzene rings is 2. The van der Waals surface area contributed by atoms with E-state index in [0.717, 1.165) is 17.7 Å². The molecule has 1 fully saturated rings. The van der Waals surface area contributed by atoms with Gasteiger partial charge in [-0.2, -0.15) is 13.2 Å². The Morgan fingerprint density at radius 2 is 1.14 bits per heavy atom. The van der Waals surface area contributed by atoms with Crippen molar-refractivity contribution in [2.45, 2.75) is 25.9 Å². The zero-order valence-electron chi connectivity index (χ0n) is 16.4. The Morgan fingerprint density at radius 1 is 0.759 bits per heavy atom. The summed E-state index contributed by atoms with van der Waals surface area (Å²) < 4.78 is 38.0. The fraction of sp³-hybridized carbons (Fsp3) is 0.364. The van der Waals surface area contributed by atoms with Gasteiger partial charge in [-0.1, -0.05) is 26.0 Å². The summed E-state index contributed by atoms with van der Waals surface area (Å²) in [4.78, 5) is 28.5. The van der Waals surface area contributed by atoms with Crippen molar-refractivity contribution in [2.75, 3.05) is 26.2 Å². The van der Waals surface area contributed by atoms with Crippen LogP contribution in [0.5, 0.6) is 0 Å². The minimum absolute atomic E-state index is 0.0815. The molecule has 3 rings (SSSR count). The smallest absolute Gasteiger partial charge is 0.335 e. The minimum Gasteiger partial charge on any atom is -0.335 e. The van der Waals surface area contributed by atoms with E-state index in [1.54, 1.807) is 9.80 Å². The van der Waals surface area contributed by atoms with Crippen LogP contribution in [0.25, 0.3) is 0 Å². The van der Waals surface area contributed by atoms with Crippen LogP contribution in [0.1, 0.15) is 51.6 Å². The molecule has 0 atom stereocenters. The van der Waals surface area contributed by atoms with Gasteiger partial charge in [-0.25, -0.2) is 0 Å². The van der Waals surface area contributed by atoms with Crippen LogP contribution in [0.15, 0.2) is 48.5 Å². The van der Waals surface area contributed by atoms with E-state index in [1.165, 1.54) is 12.1 Å². The first-order valence-corrected chi connectivity index (χ1v) is 9.52. The molecule has 0 radical (unpaired) electrons. The third-order valence-corrected chi connectivity index (χ3v) is 5.14. The van der Waals surface area contributed by atoms with Crippen LogP contribution in [-0.2, 0) is 6.18 Å². The normalized spacial score (nSPS) is 15.0. The van der Waals surface area contributed by atoms with Gasteiger partial charge in [-0.15, -0.1) is 0 Å². The predicted molar refractivity (Wildman–Crippen MR) is 104 cm³/mol. The second kappa shape index (κ2) is 8.27. The summed E-state index contributed by atoms with van der Waals surface area (Å²) in [6.07, 6.45) is -4.43. The lowest BCUT2D eigenvalue weighted by Crippen LogP contribution is -2.50. The van der Waals surface area contributed by atoms with E-state index < -0.39 is 11.7 Å². The lowest BCUT2D eigenvalue weighted by molar-refractivity contribution is -0.137. The first kappa shape index (κ1) is 20.9. The van der Waals surface area contributed by atoms with Crippen LogP contribution in [-0.4, -0.2) is 47.8 Å². The van der Waals surface area contributed by atoms with Crippen molar-refractivity contribution in [1.29, 1.82) is 0 Å². The quantitative estimate of drug-likeness (QED) is 0.760. The molecular weight excluding hydrogens is 381 g/mol. The largest absolute Gasteiger partial charge is 0.416 e. The van der Waals surface area contributed by atoms with Gasteiger partial charge in [0.1, 0.15) is 0 Å². The molecule has 1 aliphatic heterocycles. The monoisotopic (exact) mass is 404 g/mol. The summed E-state index contributed by atoms with van der Waals surface area (Å²) in [7, 11) is 0. The van der Waals surface area contributed by atoms with Crippen molar-refractivity contribution >= 4 is 11.8 Å². The number of carbonyl (C=O) groups excluding carboxylic acids is 2. The topological polar surface area (TPSA) is 40.6 Å². The van der Waals surface area contributed by atoms with Crippen LogP contribution in [0.4, 0.5) is 13.2 Å². The highest BCUT2D eigenvalue weighted by molar-refractivity contribution is 5.96. The Hall–Kier alpha value is -2.83. The molecule has 0 N–H and O–H groups in total. The second-order valence-electron chi connectivity index (χ2n) is 7.44. The Bertz CT molecular complexity index is 866. The van der Waals surface area contributed by atoms with E-state index in [2.05, 4.69) is 13.8 Å². The van der Waals surface area contributed by atoms with Crippen molar-refractivity contribution < 1.29 is 22.8 Å². The number of amides is 2. The summed E-state index contributed by atoms with van der Waals surface area (Å²) in [6, 6.07) is 11.7. The fourth-order valence-corrected chi connectivity index (χ4v) is 3.29. The number of carbonyl (C=O) groups is 2. The van der Waals surface area contributed by atoms with E-state index in [0.29, 0.717) is 37.7 Å². The summed E-state index contributed by atoms with van der Waals surface area (Å²) in [5.74, 6) is -0.0204. The highest BCUT2D eigenvalue weighted by Crippen LogP contribution is 2.29.